The van der Waals surface area contributed by atoms with E-state index in [1.807, 2.05) is 0 Å². The van der Waals surface area contributed by atoms with Gasteiger partial charge in [-0.3, -0.25) is 0 Å². The summed E-state index contributed by atoms with van der Waals surface area (Å²) in [5.74, 6) is -0.127. The molecule has 1 aromatic rings. The Morgan fingerprint density at radius 1 is 1.33 bits per heavy atom. The molecule has 0 bridgehead atoms. The van der Waals surface area contributed by atoms with Crippen LogP contribution in [0.15, 0.2) is 18.2 Å². The number of hydrogen-bond acceptors (Lipinski definition) is 2. The van der Waals surface area contributed by atoms with E-state index in [2.05, 4.69) is 30.1 Å². The van der Waals surface area contributed by atoms with Crippen molar-refractivity contribution in [3.05, 3.63) is 29.6 Å². The highest BCUT2D eigenvalue weighted by atomic mass is 19.1. The molecule has 0 aromatic heterocycles. The zero-order chi connectivity index (χ0) is 13.0. The summed E-state index contributed by atoms with van der Waals surface area (Å²) >= 11 is 0. The van der Waals surface area contributed by atoms with Crippen LogP contribution in [0.2, 0.25) is 0 Å². The molecule has 100 valence electrons. The maximum absolute atomic E-state index is 13.7. The molecule has 1 aliphatic rings. The standard InChI is InChI=1S/C15H23FN2/c1-3-17-11-13-8-14(16)10-15(9-13)18-7-5-4-6-12(18)2/h8-10,12,17H,3-7,11H2,1-2H3. The van der Waals surface area contributed by atoms with Gasteiger partial charge in [0.15, 0.2) is 0 Å². The molecule has 1 atom stereocenters. The zero-order valence-corrected chi connectivity index (χ0v) is 11.4. The number of nitrogens with one attached hydrogen (secondary N) is 1. The van der Waals surface area contributed by atoms with Crippen molar-refractivity contribution in [2.75, 3.05) is 18.0 Å². The van der Waals surface area contributed by atoms with Gasteiger partial charge in [-0.05, 0) is 56.5 Å². The smallest absolute Gasteiger partial charge is 0.125 e. The first-order chi connectivity index (χ1) is 8.70. The molecule has 0 saturated carbocycles. The van der Waals surface area contributed by atoms with Crippen LogP contribution in [0.3, 0.4) is 0 Å². The number of anilines is 1. The molecule has 0 radical (unpaired) electrons. The normalized spacial score (nSPS) is 20.2. The van der Waals surface area contributed by atoms with Crippen molar-refractivity contribution in [3.8, 4) is 0 Å². The van der Waals surface area contributed by atoms with Gasteiger partial charge in [-0.15, -0.1) is 0 Å². The molecule has 0 spiro atoms. The minimum atomic E-state index is -0.127. The van der Waals surface area contributed by atoms with E-state index in [1.54, 1.807) is 12.1 Å². The molecule has 3 heteroatoms. The summed E-state index contributed by atoms with van der Waals surface area (Å²) < 4.78 is 13.7. The van der Waals surface area contributed by atoms with Crippen LogP contribution in [0.25, 0.3) is 0 Å². The molecule has 1 saturated heterocycles. The Kier molecular flexibility index (Phi) is 4.59. The van der Waals surface area contributed by atoms with Gasteiger partial charge in [0.25, 0.3) is 0 Å². The average molecular weight is 250 g/mol. The van der Waals surface area contributed by atoms with Crippen molar-refractivity contribution >= 4 is 5.69 Å². The molecule has 1 aromatic carbocycles. The summed E-state index contributed by atoms with van der Waals surface area (Å²) in [6.45, 7) is 6.99. The predicted molar refractivity (Wildman–Crippen MR) is 74.4 cm³/mol. The second kappa shape index (κ2) is 6.19. The van der Waals surface area contributed by atoms with Crippen LogP contribution >= 0.6 is 0 Å². The zero-order valence-electron chi connectivity index (χ0n) is 11.4. The third-order valence-corrected chi connectivity index (χ3v) is 3.66. The summed E-state index contributed by atoms with van der Waals surface area (Å²) in [7, 11) is 0. The van der Waals surface area contributed by atoms with Gasteiger partial charge in [0.05, 0.1) is 0 Å². The first-order valence-corrected chi connectivity index (χ1v) is 6.97. The summed E-state index contributed by atoms with van der Waals surface area (Å²) in [6.07, 6.45) is 3.71. The number of piperidine rings is 1. The molecule has 1 N–H and O–H groups in total. The predicted octanol–water partition coefficient (Wildman–Crippen LogP) is 3.31. The molecule has 2 nitrogen and oxygen atoms in total. The fraction of sp³-hybridized carbons (Fsp3) is 0.600. The molecule has 1 aliphatic heterocycles. The largest absolute Gasteiger partial charge is 0.369 e. The van der Waals surface area contributed by atoms with Gasteiger partial charge in [-0.1, -0.05) is 6.92 Å². The SMILES string of the molecule is CCNCc1cc(F)cc(N2CCCCC2C)c1. The van der Waals surface area contributed by atoms with E-state index in [4.69, 9.17) is 0 Å². The third kappa shape index (κ3) is 3.22. The quantitative estimate of drug-likeness (QED) is 0.882. The first kappa shape index (κ1) is 13.3. The van der Waals surface area contributed by atoms with Gasteiger partial charge < -0.3 is 10.2 Å². The van der Waals surface area contributed by atoms with Gasteiger partial charge >= 0.3 is 0 Å². The molecule has 1 unspecified atom stereocenters. The Bertz CT molecular complexity index is 392. The van der Waals surface area contributed by atoms with E-state index in [9.17, 15) is 4.39 Å². The van der Waals surface area contributed by atoms with Crippen LogP contribution in [0, 0.1) is 5.82 Å². The number of nitrogens with zero attached hydrogens (tertiary/aromatic N) is 1. The Balaban J connectivity index is 2.18. The second-order valence-electron chi connectivity index (χ2n) is 5.14. The van der Waals surface area contributed by atoms with Crippen molar-refractivity contribution in [3.63, 3.8) is 0 Å². The average Bonchev–Trinajstić information content (AvgIpc) is 2.36. The third-order valence-electron chi connectivity index (χ3n) is 3.66. The lowest BCUT2D eigenvalue weighted by Crippen LogP contribution is -2.37. The summed E-state index contributed by atoms with van der Waals surface area (Å²) in [6, 6.07) is 5.93. The van der Waals surface area contributed by atoms with Crippen molar-refractivity contribution in [2.24, 2.45) is 0 Å². The van der Waals surface area contributed by atoms with E-state index in [-0.39, 0.29) is 5.82 Å². The lowest BCUT2D eigenvalue weighted by Gasteiger charge is -2.35. The van der Waals surface area contributed by atoms with E-state index in [1.165, 1.54) is 19.3 Å². The van der Waals surface area contributed by atoms with Gasteiger partial charge in [-0.2, -0.15) is 0 Å². The highest BCUT2D eigenvalue weighted by Gasteiger charge is 2.19. The maximum atomic E-state index is 13.7. The van der Waals surface area contributed by atoms with Crippen LogP contribution in [-0.4, -0.2) is 19.1 Å². The van der Waals surface area contributed by atoms with Crippen molar-refractivity contribution in [2.45, 2.75) is 45.7 Å². The van der Waals surface area contributed by atoms with Crippen LogP contribution in [0.4, 0.5) is 10.1 Å². The minimum Gasteiger partial charge on any atom is -0.369 e. The van der Waals surface area contributed by atoms with Gasteiger partial charge in [0.1, 0.15) is 5.82 Å². The fourth-order valence-corrected chi connectivity index (χ4v) is 2.65. The number of halogens is 1. The molecule has 18 heavy (non-hydrogen) atoms. The minimum absolute atomic E-state index is 0.127. The van der Waals surface area contributed by atoms with Crippen LogP contribution in [-0.2, 0) is 6.54 Å². The molecule has 1 heterocycles. The van der Waals surface area contributed by atoms with Gasteiger partial charge in [-0.25, -0.2) is 4.39 Å². The molecule has 2 rings (SSSR count). The highest BCUT2D eigenvalue weighted by Crippen LogP contribution is 2.26. The number of benzene rings is 1. The van der Waals surface area contributed by atoms with Gasteiger partial charge in [0.2, 0.25) is 0 Å². The molecular formula is C15H23FN2. The topological polar surface area (TPSA) is 15.3 Å². The lowest BCUT2D eigenvalue weighted by atomic mass is 10.0. The van der Waals surface area contributed by atoms with E-state index >= 15 is 0 Å². The molecule has 0 amide bonds. The Morgan fingerprint density at radius 2 is 2.17 bits per heavy atom. The van der Waals surface area contributed by atoms with Crippen molar-refractivity contribution < 1.29 is 4.39 Å². The summed E-state index contributed by atoms with van der Waals surface area (Å²) in [4.78, 5) is 2.34. The Labute approximate surface area is 109 Å². The van der Waals surface area contributed by atoms with E-state index in [0.29, 0.717) is 6.04 Å². The van der Waals surface area contributed by atoms with E-state index in [0.717, 1.165) is 30.9 Å². The van der Waals surface area contributed by atoms with Crippen LogP contribution in [0.1, 0.15) is 38.7 Å². The monoisotopic (exact) mass is 250 g/mol. The van der Waals surface area contributed by atoms with Crippen molar-refractivity contribution in [1.29, 1.82) is 0 Å². The van der Waals surface area contributed by atoms with Gasteiger partial charge in [0, 0.05) is 24.8 Å². The van der Waals surface area contributed by atoms with Crippen LogP contribution < -0.4 is 10.2 Å². The Morgan fingerprint density at radius 3 is 2.89 bits per heavy atom. The fourth-order valence-electron chi connectivity index (χ4n) is 2.65. The first-order valence-electron chi connectivity index (χ1n) is 6.97. The number of hydrogen-bond donors (Lipinski definition) is 1. The molecular weight excluding hydrogens is 227 g/mol. The van der Waals surface area contributed by atoms with Crippen LogP contribution in [0.5, 0.6) is 0 Å². The second-order valence-corrected chi connectivity index (χ2v) is 5.14. The summed E-state index contributed by atoms with van der Waals surface area (Å²) in [5.41, 5.74) is 2.07. The lowest BCUT2D eigenvalue weighted by molar-refractivity contribution is 0.483. The molecule has 1 fully saturated rings. The maximum Gasteiger partial charge on any atom is 0.125 e. The molecule has 0 aliphatic carbocycles. The summed E-state index contributed by atoms with van der Waals surface area (Å²) in [5, 5.41) is 3.25. The number of rotatable bonds is 4. The highest BCUT2D eigenvalue weighted by molar-refractivity contribution is 5.50. The Hall–Kier alpha value is -1.09. The van der Waals surface area contributed by atoms with Crippen molar-refractivity contribution in [1.82, 2.24) is 5.32 Å². The van der Waals surface area contributed by atoms with E-state index < -0.39 is 0 Å².